The van der Waals surface area contributed by atoms with E-state index in [1.807, 2.05) is 36.9 Å². The first kappa shape index (κ1) is 18.4. The maximum absolute atomic E-state index is 12.3. The molecule has 2 heterocycles. The predicted molar refractivity (Wildman–Crippen MR) is 102 cm³/mol. The van der Waals surface area contributed by atoms with Crippen molar-refractivity contribution in [2.45, 2.75) is 24.3 Å². The van der Waals surface area contributed by atoms with Crippen LogP contribution in [0.15, 0.2) is 22.5 Å². The normalized spacial score (nSPS) is 17.6. The quantitative estimate of drug-likeness (QED) is 0.776. The van der Waals surface area contributed by atoms with Gasteiger partial charge in [0, 0.05) is 23.8 Å². The Morgan fingerprint density at radius 1 is 1.52 bits per heavy atom. The summed E-state index contributed by atoms with van der Waals surface area (Å²) in [5, 5.41) is 12.9. The minimum atomic E-state index is 0.0981. The number of thioether (sulfide) groups is 1. The maximum atomic E-state index is 12.3. The van der Waals surface area contributed by atoms with Crippen molar-refractivity contribution in [2.75, 3.05) is 30.8 Å². The fourth-order valence-electron chi connectivity index (χ4n) is 2.44. The molecule has 25 heavy (non-hydrogen) atoms. The van der Waals surface area contributed by atoms with Crippen molar-refractivity contribution in [3.63, 3.8) is 0 Å². The number of nitrogens with one attached hydrogen (secondary N) is 1. The van der Waals surface area contributed by atoms with Gasteiger partial charge >= 0.3 is 0 Å². The summed E-state index contributed by atoms with van der Waals surface area (Å²) in [7, 11) is 0. The molecular formula is C16H19ClN4O2S2. The molecular weight excluding hydrogens is 380 g/mol. The van der Waals surface area contributed by atoms with Crippen LogP contribution in [0.4, 0.5) is 10.8 Å². The third kappa shape index (κ3) is 4.84. The third-order valence-electron chi connectivity index (χ3n) is 3.83. The zero-order chi connectivity index (χ0) is 17.8. The lowest BCUT2D eigenvalue weighted by atomic mass is 10.2. The molecule has 1 aliphatic heterocycles. The third-order valence-corrected chi connectivity index (χ3v) is 6.19. The molecule has 1 amide bonds. The molecule has 1 aromatic carbocycles. The first-order valence-corrected chi connectivity index (χ1v) is 10.1. The molecule has 0 spiro atoms. The number of halogens is 1. The van der Waals surface area contributed by atoms with E-state index in [-0.39, 0.29) is 12.0 Å². The minimum Gasteiger partial charge on any atom is -0.375 e. The fraction of sp³-hybridized carbons (Fsp3) is 0.438. The van der Waals surface area contributed by atoms with Crippen molar-refractivity contribution in [1.29, 1.82) is 0 Å². The Balaban J connectivity index is 1.55. The lowest BCUT2D eigenvalue weighted by molar-refractivity contribution is -0.135. The molecule has 1 fully saturated rings. The van der Waals surface area contributed by atoms with Crippen LogP contribution in [0.1, 0.15) is 12.5 Å². The highest BCUT2D eigenvalue weighted by Gasteiger charge is 2.21. The lowest BCUT2D eigenvalue weighted by Gasteiger charge is -2.31. The Hall–Kier alpha value is -1.35. The molecule has 1 atom stereocenters. The molecule has 1 aromatic heterocycles. The van der Waals surface area contributed by atoms with Crippen LogP contribution in [-0.2, 0) is 9.53 Å². The van der Waals surface area contributed by atoms with Gasteiger partial charge in [-0.25, -0.2) is 0 Å². The van der Waals surface area contributed by atoms with Gasteiger partial charge in [-0.15, -0.1) is 10.2 Å². The van der Waals surface area contributed by atoms with Gasteiger partial charge < -0.3 is 15.0 Å². The number of anilines is 2. The molecule has 3 rings (SSSR count). The van der Waals surface area contributed by atoms with Gasteiger partial charge in [-0.05, 0) is 31.5 Å². The average Bonchev–Trinajstić information content (AvgIpc) is 3.04. The number of aromatic nitrogens is 2. The highest BCUT2D eigenvalue weighted by atomic mass is 35.5. The van der Waals surface area contributed by atoms with Gasteiger partial charge in [0.1, 0.15) is 0 Å². The first-order valence-electron chi connectivity index (χ1n) is 7.90. The van der Waals surface area contributed by atoms with Gasteiger partial charge in [0.15, 0.2) is 4.34 Å². The summed E-state index contributed by atoms with van der Waals surface area (Å²) in [6.45, 7) is 5.83. The zero-order valence-electron chi connectivity index (χ0n) is 14.0. The van der Waals surface area contributed by atoms with E-state index in [0.29, 0.717) is 35.6 Å². The number of hydrogen-bond donors (Lipinski definition) is 1. The van der Waals surface area contributed by atoms with E-state index in [1.165, 1.54) is 23.1 Å². The van der Waals surface area contributed by atoms with Gasteiger partial charge in [-0.2, -0.15) is 0 Å². The van der Waals surface area contributed by atoms with E-state index in [4.69, 9.17) is 16.3 Å². The molecule has 1 N–H and O–H groups in total. The van der Waals surface area contributed by atoms with Gasteiger partial charge in [0.25, 0.3) is 0 Å². The van der Waals surface area contributed by atoms with Crippen molar-refractivity contribution in [3.8, 4) is 0 Å². The number of nitrogens with zero attached hydrogens (tertiary/aromatic N) is 3. The highest BCUT2D eigenvalue weighted by Crippen LogP contribution is 2.30. The molecule has 134 valence electrons. The Labute approximate surface area is 159 Å². The maximum Gasteiger partial charge on any atom is 0.233 e. The molecule has 1 unspecified atom stereocenters. The van der Waals surface area contributed by atoms with Crippen molar-refractivity contribution in [3.05, 3.63) is 28.8 Å². The largest absolute Gasteiger partial charge is 0.375 e. The number of rotatable bonds is 5. The van der Waals surface area contributed by atoms with E-state index in [0.717, 1.165) is 15.6 Å². The van der Waals surface area contributed by atoms with Crippen LogP contribution in [0.3, 0.4) is 0 Å². The Bertz CT molecular complexity index is 755. The average molecular weight is 399 g/mol. The van der Waals surface area contributed by atoms with Crippen LogP contribution >= 0.6 is 34.7 Å². The minimum absolute atomic E-state index is 0.0981. The topological polar surface area (TPSA) is 67.4 Å². The number of benzene rings is 1. The highest BCUT2D eigenvalue weighted by molar-refractivity contribution is 8.01. The molecule has 9 heteroatoms. The molecule has 1 saturated heterocycles. The Morgan fingerprint density at radius 3 is 3.16 bits per heavy atom. The van der Waals surface area contributed by atoms with Gasteiger partial charge in [-0.3, -0.25) is 4.79 Å². The smallest absolute Gasteiger partial charge is 0.233 e. The molecule has 1 aliphatic rings. The van der Waals surface area contributed by atoms with E-state index >= 15 is 0 Å². The van der Waals surface area contributed by atoms with Crippen molar-refractivity contribution in [2.24, 2.45) is 0 Å². The van der Waals surface area contributed by atoms with Gasteiger partial charge in [0.2, 0.25) is 11.0 Å². The van der Waals surface area contributed by atoms with Gasteiger partial charge in [-0.1, -0.05) is 40.8 Å². The van der Waals surface area contributed by atoms with E-state index in [2.05, 4.69) is 15.5 Å². The standard InChI is InChI=1S/C16H19ClN4O2S2/c1-10-8-21(6-7-23-10)14(22)9-24-16-20-19-15(25-16)18-13-5-3-4-12(17)11(13)2/h3-5,10H,6-9H2,1-2H3,(H,18,19). The number of ether oxygens (including phenoxy) is 1. The summed E-state index contributed by atoms with van der Waals surface area (Å²) in [5.41, 5.74) is 1.86. The SMILES string of the molecule is Cc1c(Cl)cccc1Nc1nnc(SCC(=O)N2CCOC(C)C2)s1. The Morgan fingerprint density at radius 2 is 2.36 bits per heavy atom. The number of carbonyl (C=O) groups excluding carboxylic acids is 1. The van der Waals surface area contributed by atoms with E-state index < -0.39 is 0 Å². The predicted octanol–water partition coefficient (Wildman–Crippen LogP) is 3.58. The lowest BCUT2D eigenvalue weighted by Crippen LogP contribution is -2.45. The number of hydrogen-bond acceptors (Lipinski definition) is 7. The van der Waals surface area contributed by atoms with Crippen LogP contribution in [0.25, 0.3) is 0 Å². The van der Waals surface area contributed by atoms with Crippen LogP contribution in [0, 0.1) is 6.92 Å². The molecule has 6 nitrogen and oxygen atoms in total. The second kappa shape index (κ2) is 8.35. The fourth-order valence-corrected chi connectivity index (χ4v) is 4.28. The summed E-state index contributed by atoms with van der Waals surface area (Å²) in [5.74, 6) is 0.466. The van der Waals surface area contributed by atoms with Crippen LogP contribution in [0.5, 0.6) is 0 Å². The molecule has 0 bridgehead atoms. The number of morpholine rings is 1. The van der Waals surface area contributed by atoms with E-state index in [9.17, 15) is 4.79 Å². The second-order valence-electron chi connectivity index (χ2n) is 5.72. The molecule has 0 radical (unpaired) electrons. The van der Waals surface area contributed by atoms with Crippen molar-refractivity contribution >= 4 is 51.4 Å². The summed E-state index contributed by atoms with van der Waals surface area (Å²) in [6.07, 6.45) is 0.0981. The molecule has 0 saturated carbocycles. The summed E-state index contributed by atoms with van der Waals surface area (Å²) in [6, 6.07) is 5.68. The summed E-state index contributed by atoms with van der Waals surface area (Å²) >= 11 is 8.96. The zero-order valence-corrected chi connectivity index (χ0v) is 16.4. The van der Waals surface area contributed by atoms with Crippen LogP contribution in [-0.4, -0.2) is 52.6 Å². The summed E-state index contributed by atoms with van der Waals surface area (Å²) in [4.78, 5) is 14.1. The van der Waals surface area contributed by atoms with E-state index in [1.54, 1.807) is 0 Å². The van der Waals surface area contributed by atoms with Crippen molar-refractivity contribution in [1.82, 2.24) is 15.1 Å². The number of amides is 1. The van der Waals surface area contributed by atoms with Crippen LogP contribution < -0.4 is 5.32 Å². The molecule has 0 aliphatic carbocycles. The first-order chi connectivity index (χ1) is 12.0. The van der Waals surface area contributed by atoms with Gasteiger partial charge in [0.05, 0.1) is 18.5 Å². The number of carbonyl (C=O) groups is 1. The monoisotopic (exact) mass is 398 g/mol. The summed E-state index contributed by atoms with van der Waals surface area (Å²) < 4.78 is 6.22. The second-order valence-corrected chi connectivity index (χ2v) is 8.33. The Kier molecular flexibility index (Phi) is 6.16. The van der Waals surface area contributed by atoms with Crippen LogP contribution in [0.2, 0.25) is 5.02 Å². The molecule has 2 aromatic rings. The van der Waals surface area contributed by atoms with Crippen molar-refractivity contribution < 1.29 is 9.53 Å².